The van der Waals surface area contributed by atoms with E-state index in [2.05, 4.69) is 4.74 Å². The van der Waals surface area contributed by atoms with E-state index in [-0.39, 0.29) is 11.9 Å². The van der Waals surface area contributed by atoms with Crippen LogP contribution in [0.5, 0.6) is 0 Å². The number of carbonyl (C=O) groups excluding carboxylic acids is 2. The first-order valence-electron chi connectivity index (χ1n) is 5.44. The first-order valence-corrected chi connectivity index (χ1v) is 5.44. The first kappa shape index (κ1) is 13.0. The smallest absolute Gasteiger partial charge is 0.305 e. The van der Waals surface area contributed by atoms with E-state index in [4.69, 9.17) is 4.84 Å². The predicted octanol–water partition coefficient (Wildman–Crippen LogP) is 0.986. The summed E-state index contributed by atoms with van der Waals surface area (Å²) in [6.45, 7) is 0. The number of methoxy groups -OCH3 is 1. The molecule has 0 aromatic heterocycles. The SMILES string of the molecule is COC(=O)CC1CC(CC(=O)N(C)OC)C1. The monoisotopic (exact) mass is 229 g/mol. The zero-order valence-corrected chi connectivity index (χ0v) is 10.1. The summed E-state index contributed by atoms with van der Waals surface area (Å²) in [6.07, 6.45) is 2.83. The highest BCUT2D eigenvalue weighted by Crippen LogP contribution is 2.38. The Morgan fingerprint density at radius 3 is 2.25 bits per heavy atom. The average molecular weight is 229 g/mol. The van der Waals surface area contributed by atoms with E-state index in [0.717, 1.165) is 12.8 Å². The van der Waals surface area contributed by atoms with Gasteiger partial charge >= 0.3 is 5.97 Å². The molecular formula is C11H19NO4. The summed E-state index contributed by atoms with van der Waals surface area (Å²) >= 11 is 0. The second kappa shape index (κ2) is 5.84. The molecule has 5 heteroatoms. The fourth-order valence-electron chi connectivity index (χ4n) is 2.00. The van der Waals surface area contributed by atoms with Crippen LogP contribution in [0.4, 0.5) is 0 Å². The molecule has 92 valence electrons. The molecule has 0 saturated heterocycles. The molecule has 5 nitrogen and oxygen atoms in total. The maximum Gasteiger partial charge on any atom is 0.305 e. The van der Waals surface area contributed by atoms with E-state index in [1.807, 2.05) is 0 Å². The fraction of sp³-hybridized carbons (Fsp3) is 0.818. The summed E-state index contributed by atoms with van der Waals surface area (Å²) in [7, 11) is 4.47. The largest absolute Gasteiger partial charge is 0.469 e. The molecule has 0 heterocycles. The fourth-order valence-corrected chi connectivity index (χ4v) is 2.00. The molecule has 16 heavy (non-hydrogen) atoms. The normalized spacial score (nSPS) is 23.4. The van der Waals surface area contributed by atoms with Crippen molar-refractivity contribution in [2.45, 2.75) is 25.7 Å². The molecule has 0 aromatic rings. The van der Waals surface area contributed by atoms with E-state index in [0.29, 0.717) is 24.7 Å². The number of hydrogen-bond acceptors (Lipinski definition) is 4. The number of nitrogens with zero attached hydrogens (tertiary/aromatic N) is 1. The first-order chi connectivity index (χ1) is 7.56. The molecule has 1 aliphatic carbocycles. The van der Waals surface area contributed by atoms with Crippen LogP contribution in [0.2, 0.25) is 0 Å². The molecule has 0 aromatic carbocycles. The van der Waals surface area contributed by atoms with Crippen LogP contribution in [-0.4, -0.2) is 38.2 Å². The number of ether oxygens (including phenoxy) is 1. The van der Waals surface area contributed by atoms with Gasteiger partial charge in [0.05, 0.1) is 14.2 Å². The third kappa shape index (κ3) is 3.48. The Bertz CT molecular complexity index is 261. The molecule has 1 fully saturated rings. The maximum absolute atomic E-state index is 11.5. The topological polar surface area (TPSA) is 55.8 Å². The Morgan fingerprint density at radius 1 is 1.19 bits per heavy atom. The maximum atomic E-state index is 11.5. The molecule has 0 unspecified atom stereocenters. The van der Waals surface area contributed by atoms with Crippen molar-refractivity contribution in [3.05, 3.63) is 0 Å². The summed E-state index contributed by atoms with van der Waals surface area (Å²) < 4.78 is 4.59. The number of hydroxylamine groups is 2. The van der Waals surface area contributed by atoms with Gasteiger partial charge < -0.3 is 4.74 Å². The van der Waals surface area contributed by atoms with E-state index >= 15 is 0 Å². The Balaban J connectivity index is 2.17. The lowest BCUT2D eigenvalue weighted by atomic mass is 9.71. The van der Waals surface area contributed by atoms with Crippen LogP contribution in [0.25, 0.3) is 0 Å². The quantitative estimate of drug-likeness (QED) is 0.521. The predicted molar refractivity (Wildman–Crippen MR) is 57.2 cm³/mol. The van der Waals surface area contributed by atoms with Gasteiger partial charge in [-0.1, -0.05) is 0 Å². The number of rotatable bonds is 5. The van der Waals surface area contributed by atoms with Crippen LogP contribution in [0, 0.1) is 11.8 Å². The zero-order valence-electron chi connectivity index (χ0n) is 10.1. The van der Waals surface area contributed by atoms with E-state index in [9.17, 15) is 9.59 Å². The third-order valence-electron chi connectivity index (χ3n) is 3.10. The molecule has 0 bridgehead atoms. The van der Waals surface area contributed by atoms with Crippen LogP contribution in [0.1, 0.15) is 25.7 Å². The second-order valence-corrected chi connectivity index (χ2v) is 4.26. The Kier molecular flexibility index (Phi) is 4.73. The summed E-state index contributed by atoms with van der Waals surface area (Å²) in [5.41, 5.74) is 0. The van der Waals surface area contributed by atoms with Gasteiger partial charge in [0.2, 0.25) is 5.91 Å². The number of carbonyl (C=O) groups is 2. The van der Waals surface area contributed by atoms with Crippen LogP contribution >= 0.6 is 0 Å². The molecule has 0 aliphatic heterocycles. The molecule has 0 N–H and O–H groups in total. The minimum Gasteiger partial charge on any atom is -0.469 e. The van der Waals surface area contributed by atoms with Crippen LogP contribution in [0.15, 0.2) is 0 Å². The molecule has 0 radical (unpaired) electrons. The van der Waals surface area contributed by atoms with Crippen molar-refractivity contribution >= 4 is 11.9 Å². The van der Waals surface area contributed by atoms with Crippen molar-refractivity contribution in [2.24, 2.45) is 11.8 Å². The van der Waals surface area contributed by atoms with E-state index in [1.165, 1.54) is 19.3 Å². The van der Waals surface area contributed by atoms with Crippen molar-refractivity contribution in [1.82, 2.24) is 5.06 Å². The molecule has 1 saturated carbocycles. The van der Waals surface area contributed by atoms with Gasteiger partial charge in [-0.3, -0.25) is 14.4 Å². The van der Waals surface area contributed by atoms with Gasteiger partial charge in [0.15, 0.2) is 0 Å². The zero-order chi connectivity index (χ0) is 12.1. The summed E-state index contributed by atoms with van der Waals surface area (Å²) in [5, 5.41) is 1.24. The van der Waals surface area contributed by atoms with Gasteiger partial charge in [-0.2, -0.15) is 0 Å². The number of amides is 1. The van der Waals surface area contributed by atoms with Crippen molar-refractivity contribution in [3.8, 4) is 0 Å². The van der Waals surface area contributed by atoms with Gasteiger partial charge in [0.25, 0.3) is 0 Å². The summed E-state index contributed by atoms with van der Waals surface area (Å²) in [5.74, 6) is 0.602. The van der Waals surface area contributed by atoms with Gasteiger partial charge in [-0.25, -0.2) is 5.06 Å². The Morgan fingerprint density at radius 2 is 1.75 bits per heavy atom. The van der Waals surface area contributed by atoms with Gasteiger partial charge in [0.1, 0.15) is 0 Å². The van der Waals surface area contributed by atoms with E-state index < -0.39 is 0 Å². The highest BCUT2D eigenvalue weighted by Gasteiger charge is 2.32. The molecule has 0 atom stereocenters. The molecular weight excluding hydrogens is 210 g/mol. The average Bonchev–Trinajstić information content (AvgIpc) is 2.24. The summed E-state index contributed by atoms with van der Waals surface area (Å²) in [4.78, 5) is 27.3. The molecule has 0 spiro atoms. The Hall–Kier alpha value is -1.10. The minimum absolute atomic E-state index is 0.0102. The Labute approximate surface area is 95.6 Å². The summed E-state index contributed by atoms with van der Waals surface area (Å²) in [6, 6.07) is 0. The lowest BCUT2D eigenvalue weighted by Crippen LogP contribution is -2.33. The standard InChI is InChI=1S/C11H19NO4/c1-12(16-3)10(13)6-8-4-9(5-8)7-11(14)15-2/h8-9H,4-7H2,1-3H3. The lowest BCUT2D eigenvalue weighted by Gasteiger charge is -2.34. The van der Waals surface area contributed by atoms with Crippen LogP contribution < -0.4 is 0 Å². The van der Waals surface area contributed by atoms with Crippen LogP contribution in [0.3, 0.4) is 0 Å². The molecule has 1 rings (SSSR count). The highest BCUT2D eigenvalue weighted by atomic mass is 16.7. The van der Waals surface area contributed by atoms with E-state index in [1.54, 1.807) is 7.05 Å². The van der Waals surface area contributed by atoms with Crippen molar-refractivity contribution in [1.29, 1.82) is 0 Å². The second-order valence-electron chi connectivity index (χ2n) is 4.26. The van der Waals surface area contributed by atoms with Gasteiger partial charge in [0, 0.05) is 19.9 Å². The molecule has 1 aliphatic rings. The van der Waals surface area contributed by atoms with Gasteiger partial charge in [-0.15, -0.1) is 0 Å². The van der Waals surface area contributed by atoms with Crippen molar-refractivity contribution in [3.63, 3.8) is 0 Å². The molecule has 1 amide bonds. The minimum atomic E-state index is -0.163. The van der Waals surface area contributed by atoms with Crippen LogP contribution in [-0.2, 0) is 19.2 Å². The van der Waals surface area contributed by atoms with Gasteiger partial charge in [-0.05, 0) is 24.7 Å². The highest BCUT2D eigenvalue weighted by molar-refractivity contribution is 5.75. The number of hydrogen-bond donors (Lipinski definition) is 0. The lowest BCUT2D eigenvalue weighted by molar-refractivity contribution is -0.170. The third-order valence-corrected chi connectivity index (χ3v) is 3.10. The number of esters is 1. The van der Waals surface area contributed by atoms with Crippen molar-refractivity contribution < 1.29 is 19.2 Å². The van der Waals surface area contributed by atoms with Crippen molar-refractivity contribution in [2.75, 3.05) is 21.3 Å².